The molecule has 0 atom stereocenters. The summed E-state index contributed by atoms with van der Waals surface area (Å²) in [5, 5.41) is 0. The molecule has 0 aliphatic heterocycles. The second kappa shape index (κ2) is 15.6. The van der Waals surface area contributed by atoms with Gasteiger partial charge in [0.25, 0.3) is 0 Å². The number of phosphoric acid groups is 2. The number of hydrogen-bond donors (Lipinski definition) is 0. The minimum atomic E-state index is -4.24. The quantitative estimate of drug-likeness (QED) is 0.0996. The van der Waals surface area contributed by atoms with E-state index >= 15 is 0 Å². The predicted octanol–water partition coefficient (Wildman–Crippen LogP) is 9.53. The standard InChI is InChI=1S/C34H32O8P2/c35-43(37-25-29-15-5-1-6-16-29,38-26-30-17-7-2-8-18-30)41-33-23-13-14-24-34(33)42-44(36,39-27-31-19-9-3-10-20-31)40-28-32-21-11-4-12-22-32/h1-24H,25-28H2. The normalized spacial score (nSPS) is 11.6. The fourth-order valence-corrected chi connectivity index (χ4v) is 6.31. The van der Waals surface area contributed by atoms with E-state index in [0.717, 1.165) is 22.3 Å². The molecule has 0 aliphatic carbocycles. The Hall–Kier alpha value is -4.00. The highest BCUT2D eigenvalue weighted by Gasteiger charge is 2.34. The van der Waals surface area contributed by atoms with E-state index < -0.39 is 15.6 Å². The Labute approximate surface area is 257 Å². The molecule has 0 N–H and O–H groups in total. The smallest absolute Gasteiger partial charge is 0.400 e. The van der Waals surface area contributed by atoms with Crippen molar-refractivity contribution in [1.82, 2.24) is 0 Å². The molecular weight excluding hydrogens is 598 g/mol. The van der Waals surface area contributed by atoms with Crippen LogP contribution in [0.25, 0.3) is 0 Å². The maximum absolute atomic E-state index is 14.0. The second-order valence-electron chi connectivity index (χ2n) is 9.56. The van der Waals surface area contributed by atoms with Gasteiger partial charge in [-0.05, 0) is 34.4 Å². The van der Waals surface area contributed by atoms with E-state index in [1.165, 1.54) is 12.1 Å². The summed E-state index contributed by atoms with van der Waals surface area (Å²) < 4.78 is 62.9. The van der Waals surface area contributed by atoms with Gasteiger partial charge >= 0.3 is 15.6 Å². The summed E-state index contributed by atoms with van der Waals surface area (Å²) in [6, 6.07) is 43.3. The third-order valence-corrected chi connectivity index (χ3v) is 8.82. The molecule has 0 amide bonds. The van der Waals surface area contributed by atoms with E-state index in [-0.39, 0.29) is 37.9 Å². The largest absolute Gasteiger partial charge is 0.530 e. The molecule has 0 unspecified atom stereocenters. The topological polar surface area (TPSA) is 89.5 Å². The third-order valence-electron chi connectivity index (χ3n) is 6.20. The van der Waals surface area contributed by atoms with E-state index in [0.29, 0.717) is 0 Å². The highest BCUT2D eigenvalue weighted by Crippen LogP contribution is 2.57. The second-order valence-corrected chi connectivity index (χ2v) is 12.7. The first kappa shape index (κ1) is 31.4. The van der Waals surface area contributed by atoms with Gasteiger partial charge in [0.15, 0.2) is 11.5 Å². The van der Waals surface area contributed by atoms with Crippen LogP contribution in [0.3, 0.4) is 0 Å². The monoisotopic (exact) mass is 630 g/mol. The van der Waals surface area contributed by atoms with Gasteiger partial charge in [-0.3, -0.25) is 18.1 Å². The summed E-state index contributed by atoms with van der Waals surface area (Å²) in [6.07, 6.45) is 0. The molecule has 0 radical (unpaired) electrons. The molecule has 0 spiro atoms. The molecule has 10 heteroatoms. The minimum Gasteiger partial charge on any atom is -0.400 e. The van der Waals surface area contributed by atoms with E-state index in [4.69, 9.17) is 27.1 Å². The van der Waals surface area contributed by atoms with Gasteiger partial charge in [-0.1, -0.05) is 133 Å². The Morgan fingerprint density at radius 3 is 0.818 bits per heavy atom. The highest BCUT2D eigenvalue weighted by atomic mass is 31.2. The van der Waals surface area contributed by atoms with Crippen LogP contribution in [0.1, 0.15) is 22.3 Å². The minimum absolute atomic E-state index is 0.0243. The van der Waals surface area contributed by atoms with Crippen LogP contribution in [0, 0.1) is 0 Å². The van der Waals surface area contributed by atoms with Crippen molar-refractivity contribution in [3.05, 3.63) is 168 Å². The third kappa shape index (κ3) is 9.76. The lowest BCUT2D eigenvalue weighted by Crippen LogP contribution is -2.06. The highest BCUT2D eigenvalue weighted by molar-refractivity contribution is 7.49. The van der Waals surface area contributed by atoms with Gasteiger partial charge in [-0.2, -0.15) is 0 Å². The number of benzene rings is 5. The molecule has 5 aromatic carbocycles. The van der Waals surface area contributed by atoms with Gasteiger partial charge in [0.1, 0.15) is 0 Å². The molecule has 0 saturated carbocycles. The number of para-hydroxylation sites is 2. The molecule has 0 saturated heterocycles. The molecule has 226 valence electrons. The molecule has 8 nitrogen and oxygen atoms in total. The van der Waals surface area contributed by atoms with Crippen LogP contribution in [0.5, 0.6) is 11.5 Å². The maximum Gasteiger partial charge on any atom is 0.530 e. The average Bonchev–Trinajstić information content (AvgIpc) is 3.08. The lowest BCUT2D eigenvalue weighted by molar-refractivity contribution is 0.134. The van der Waals surface area contributed by atoms with Crippen molar-refractivity contribution >= 4 is 15.6 Å². The van der Waals surface area contributed by atoms with Gasteiger partial charge in [0.2, 0.25) is 0 Å². The summed E-state index contributed by atoms with van der Waals surface area (Å²) in [7, 11) is -8.48. The summed E-state index contributed by atoms with van der Waals surface area (Å²) in [6.45, 7) is -0.132. The van der Waals surface area contributed by atoms with Crippen LogP contribution in [-0.2, 0) is 53.7 Å². The van der Waals surface area contributed by atoms with Crippen molar-refractivity contribution < 1.29 is 36.3 Å². The fourth-order valence-electron chi connectivity index (χ4n) is 3.93. The van der Waals surface area contributed by atoms with Crippen molar-refractivity contribution in [2.24, 2.45) is 0 Å². The van der Waals surface area contributed by atoms with Crippen LogP contribution >= 0.6 is 15.6 Å². The zero-order valence-corrected chi connectivity index (χ0v) is 25.6. The van der Waals surface area contributed by atoms with Gasteiger partial charge in [0, 0.05) is 0 Å². The number of phosphoric ester groups is 2. The zero-order chi connectivity index (χ0) is 30.5. The average molecular weight is 631 g/mol. The van der Waals surface area contributed by atoms with E-state index in [9.17, 15) is 9.13 Å². The van der Waals surface area contributed by atoms with Crippen molar-refractivity contribution in [2.75, 3.05) is 0 Å². The molecule has 0 aromatic heterocycles. The van der Waals surface area contributed by atoms with Gasteiger partial charge in [-0.15, -0.1) is 0 Å². The van der Waals surface area contributed by atoms with Gasteiger partial charge in [-0.25, -0.2) is 9.13 Å². The first-order valence-corrected chi connectivity index (χ1v) is 16.8. The van der Waals surface area contributed by atoms with E-state index in [1.54, 1.807) is 12.1 Å². The van der Waals surface area contributed by atoms with Crippen LogP contribution in [0.4, 0.5) is 0 Å². The fraction of sp³-hybridized carbons (Fsp3) is 0.118. The number of hydrogen-bond acceptors (Lipinski definition) is 8. The van der Waals surface area contributed by atoms with Gasteiger partial charge < -0.3 is 9.05 Å². The molecule has 0 heterocycles. The van der Waals surface area contributed by atoms with Crippen LogP contribution < -0.4 is 9.05 Å². The molecule has 5 rings (SSSR count). The van der Waals surface area contributed by atoms with Crippen molar-refractivity contribution in [3.8, 4) is 11.5 Å². The van der Waals surface area contributed by atoms with Crippen LogP contribution in [0.15, 0.2) is 146 Å². The van der Waals surface area contributed by atoms with Crippen LogP contribution in [0.2, 0.25) is 0 Å². The van der Waals surface area contributed by atoms with Gasteiger partial charge in [0.05, 0.1) is 26.4 Å². The lowest BCUT2D eigenvalue weighted by atomic mass is 10.2. The Bertz CT molecular complexity index is 1450. The first-order valence-electron chi connectivity index (χ1n) is 13.9. The van der Waals surface area contributed by atoms with E-state index in [1.807, 2.05) is 121 Å². The molecule has 0 bridgehead atoms. The summed E-state index contributed by atoms with van der Waals surface area (Å²) in [5.74, 6) is -0.0485. The zero-order valence-electron chi connectivity index (χ0n) is 23.8. The molecule has 0 fully saturated rings. The first-order chi connectivity index (χ1) is 21.5. The summed E-state index contributed by atoms with van der Waals surface area (Å²) in [4.78, 5) is 0. The molecular formula is C34H32O8P2. The molecule has 0 aliphatic rings. The maximum atomic E-state index is 14.0. The SMILES string of the molecule is O=P(OCc1ccccc1)(OCc1ccccc1)Oc1ccccc1OP(=O)(OCc1ccccc1)OCc1ccccc1. The van der Waals surface area contributed by atoms with Crippen molar-refractivity contribution in [1.29, 1.82) is 0 Å². The predicted molar refractivity (Wildman–Crippen MR) is 168 cm³/mol. The molecule has 5 aromatic rings. The Morgan fingerprint density at radius 2 is 0.568 bits per heavy atom. The molecule has 44 heavy (non-hydrogen) atoms. The summed E-state index contributed by atoms with van der Waals surface area (Å²) in [5.41, 5.74) is 3.10. The lowest BCUT2D eigenvalue weighted by Gasteiger charge is -2.23. The van der Waals surface area contributed by atoms with Crippen molar-refractivity contribution in [2.45, 2.75) is 26.4 Å². The Kier molecular flexibility index (Phi) is 11.2. The van der Waals surface area contributed by atoms with Crippen molar-refractivity contribution in [3.63, 3.8) is 0 Å². The Balaban J connectivity index is 1.37. The summed E-state index contributed by atoms with van der Waals surface area (Å²) >= 11 is 0. The Morgan fingerprint density at radius 1 is 0.341 bits per heavy atom. The number of rotatable bonds is 16. The van der Waals surface area contributed by atoms with Crippen LogP contribution in [-0.4, -0.2) is 0 Å². The van der Waals surface area contributed by atoms with E-state index in [2.05, 4.69) is 0 Å².